The van der Waals surface area contributed by atoms with Gasteiger partial charge in [-0.2, -0.15) is 0 Å². The van der Waals surface area contributed by atoms with E-state index in [0.717, 1.165) is 74.9 Å². The highest BCUT2D eigenvalue weighted by molar-refractivity contribution is 6.13. The van der Waals surface area contributed by atoms with Gasteiger partial charge >= 0.3 is 0 Å². The summed E-state index contributed by atoms with van der Waals surface area (Å²) in [7, 11) is 2.09. The van der Waals surface area contributed by atoms with Crippen molar-refractivity contribution in [1.82, 2.24) is 9.88 Å². The number of likely N-dealkylation sites (tertiary alicyclic amines) is 1. The summed E-state index contributed by atoms with van der Waals surface area (Å²) < 4.78 is 20.7. The smallest absolute Gasteiger partial charge is 0.259 e. The number of nitrogens with one attached hydrogen (secondary N) is 2. The highest BCUT2D eigenvalue weighted by Crippen LogP contribution is 2.31. The Morgan fingerprint density at radius 1 is 0.900 bits per heavy atom. The molecule has 3 heterocycles. The minimum absolute atomic E-state index is 0.000724. The molecule has 2 aliphatic rings. The van der Waals surface area contributed by atoms with Crippen LogP contribution in [0.4, 0.5) is 21.6 Å². The maximum atomic E-state index is 14.2. The predicted molar refractivity (Wildman–Crippen MR) is 155 cm³/mol. The molecule has 40 heavy (non-hydrogen) atoms. The summed E-state index contributed by atoms with van der Waals surface area (Å²) in [5.74, 6) is -0.710. The Kier molecular flexibility index (Phi) is 8.30. The van der Waals surface area contributed by atoms with Gasteiger partial charge < -0.3 is 25.2 Å². The molecule has 0 radical (unpaired) electrons. The van der Waals surface area contributed by atoms with Gasteiger partial charge in [-0.25, -0.2) is 9.37 Å². The Bertz CT molecular complexity index is 1380. The highest BCUT2D eigenvalue weighted by Gasteiger charge is 2.24. The number of ether oxygens (including phenoxy) is 1. The molecule has 3 aromatic rings. The molecule has 2 aliphatic heterocycles. The van der Waals surface area contributed by atoms with Crippen LogP contribution in [0.5, 0.6) is 5.75 Å². The number of rotatable bonds is 7. The van der Waals surface area contributed by atoms with Gasteiger partial charge in [0.05, 0.1) is 16.8 Å². The Morgan fingerprint density at radius 2 is 1.62 bits per heavy atom. The average Bonchev–Trinajstić information content (AvgIpc) is 3.45. The molecule has 0 aliphatic carbocycles. The molecule has 0 saturated carbocycles. The van der Waals surface area contributed by atoms with E-state index in [2.05, 4.69) is 32.5 Å². The van der Waals surface area contributed by atoms with Crippen molar-refractivity contribution in [1.29, 1.82) is 0 Å². The van der Waals surface area contributed by atoms with Crippen molar-refractivity contribution in [3.05, 3.63) is 76.7 Å². The van der Waals surface area contributed by atoms with E-state index in [4.69, 9.17) is 4.74 Å². The number of nitrogens with zero attached hydrogens (tertiary/aromatic N) is 3. The lowest BCUT2D eigenvalue weighted by Gasteiger charge is -2.30. The van der Waals surface area contributed by atoms with E-state index in [1.54, 1.807) is 12.1 Å². The number of hydrogen-bond donors (Lipinski definition) is 2. The van der Waals surface area contributed by atoms with Gasteiger partial charge in [-0.1, -0.05) is 0 Å². The number of aryl methyl sites for hydroxylation is 2. The fourth-order valence-corrected chi connectivity index (χ4v) is 5.34. The molecule has 0 bridgehead atoms. The first-order valence-electron chi connectivity index (χ1n) is 13.9. The van der Waals surface area contributed by atoms with E-state index in [9.17, 15) is 14.0 Å². The van der Waals surface area contributed by atoms with E-state index >= 15 is 0 Å². The van der Waals surface area contributed by atoms with Crippen LogP contribution in [0.2, 0.25) is 0 Å². The van der Waals surface area contributed by atoms with Crippen LogP contribution in [0, 0.1) is 19.7 Å². The van der Waals surface area contributed by atoms with Gasteiger partial charge in [0.2, 0.25) is 0 Å². The zero-order valence-electron chi connectivity index (χ0n) is 23.3. The number of anilines is 3. The number of amides is 2. The van der Waals surface area contributed by atoms with E-state index in [1.165, 1.54) is 12.1 Å². The summed E-state index contributed by atoms with van der Waals surface area (Å²) >= 11 is 0. The number of halogens is 1. The van der Waals surface area contributed by atoms with Crippen molar-refractivity contribution < 1.29 is 18.7 Å². The van der Waals surface area contributed by atoms with Crippen molar-refractivity contribution in [2.45, 2.75) is 45.6 Å². The fourth-order valence-electron chi connectivity index (χ4n) is 5.34. The number of aromatic nitrogens is 1. The van der Waals surface area contributed by atoms with Crippen molar-refractivity contribution >= 4 is 29.0 Å². The average molecular weight is 546 g/mol. The zero-order chi connectivity index (χ0) is 28.2. The number of hydrogen-bond acceptors (Lipinski definition) is 6. The van der Waals surface area contributed by atoms with Crippen LogP contribution in [-0.4, -0.2) is 61.0 Å². The summed E-state index contributed by atoms with van der Waals surface area (Å²) in [6, 6.07) is 13.0. The third kappa shape index (κ3) is 6.59. The first-order chi connectivity index (χ1) is 19.2. The van der Waals surface area contributed by atoms with Crippen LogP contribution in [0.3, 0.4) is 0 Å². The van der Waals surface area contributed by atoms with Gasteiger partial charge in [0.25, 0.3) is 11.8 Å². The first kappa shape index (κ1) is 27.6. The van der Waals surface area contributed by atoms with Gasteiger partial charge in [0, 0.05) is 43.6 Å². The largest absolute Gasteiger partial charge is 0.489 e. The molecule has 5 rings (SSSR count). The predicted octanol–water partition coefficient (Wildman–Crippen LogP) is 5.42. The molecular formula is C31H36FN5O3. The van der Waals surface area contributed by atoms with Crippen molar-refractivity contribution in [3.8, 4) is 5.75 Å². The topological polar surface area (TPSA) is 86.8 Å². The van der Waals surface area contributed by atoms with Gasteiger partial charge in [0.1, 0.15) is 23.5 Å². The molecule has 1 aromatic heterocycles. The molecular weight excluding hydrogens is 509 g/mol. The summed E-state index contributed by atoms with van der Waals surface area (Å²) in [6.45, 7) is 7.54. The van der Waals surface area contributed by atoms with Gasteiger partial charge in [0.15, 0.2) is 0 Å². The molecule has 0 spiro atoms. The van der Waals surface area contributed by atoms with E-state index < -0.39 is 17.6 Å². The standard InChI is InChI=1S/C31H36FN5O3/c1-20-16-21(2)33-29(17-20)35-31(39)26-18-22(32)6-9-27(26)34-30(38)25-8-7-23(37-12-4-5-13-37)19-28(25)40-24-10-14-36(3)15-11-24/h6-9,16-19,24H,4-5,10-15H2,1-3H3,(H,34,38)(H,33,35,39). The summed E-state index contributed by atoms with van der Waals surface area (Å²) in [4.78, 5) is 35.7. The molecule has 2 N–H and O–H groups in total. The van der Waals surface area contributed by atoms with Crippen LogP contribution in [0.15, 0.2) is 48.5 Å². The second-order valence-electron chi connectivity index (χ2n) is 10.8. The summed E-state index contributed by atoms with van der Waals surface area (Å²) in [5, 5.41) is 5.55. The SMILES string of the molecule is Cc1cc(C)nc(NC(=O)c2cc(F)ccc2NC(=O)c2ccc(N3CCCC3)cc2OC2CCN(C)CC2)c1. The van der Waals surface area contributed by atoms with Crippen molar-refractivity contribution in [3.63, 3.8) is 0 Å². The van der Waals surface area contributed by atoms with E-state index in [0.29, 0.717) is 17.1 Å². The van der Waals surface area contributed by atoms with Crippen LogP contribution in [0.25, 0.3) is 0 Å². The number of pyridine rings is 1. The maximum Gasteiger partial charge on any atom is 0.259 e. The second-order valence-corrected chi connectivity index (χ2v) is 10.8. The Hall–Kier alpha value is -3.98. The first-order valence-corrected chi connectivity index (χ1v) is 13.9. The molecule has 0 atom stereocenters. The Balaban J connectivity index is 1.40. The lowest BCUT2D eigenvalue weighted by molar-refractivity contribution is 0.0989. The monoisotopic (exact) mass is 545 g/mol. The quantitative estimate of drug-likeness (QED) is 0.413. The minimum Gasteiger partial charge on any atom is -0.489 e. The molecule has 2 fully saturated rings. The third-order valence-corrected chi connectivity index (χ3v) is 7.45. The lowest BCUT2D eigenvalue weighted by atomic mass is 10.1. The number of piperidine rings is 1. The highest BCUT2D eigenvalue weighted by atomic mass is 19.1. The van der Waals surface area contributed by atoms with Crippen LogP contribution in [0.1, 0.15) is 57.7 Å². The molecule has 9 heteroatoms. The molecule has 2 aromatic carbocycles. The van der Waals surface area contributed by atoms with Gasteiger partial charge in [-0.05, 0) is 94.6 Å². The van der Waals surface area contributed by atoms with Crippen LogP contribution >= 0.6 is 0 Å². The minimum atomic E-state index is -0.585. The summed E-state index contributed by atoms with van der Waals surface area (Å²) in [6.07, 6.45) is 4.04. The normalized spacial score (nSPS) is 16.1. The van der Waals surface area contributed by atoms with Crippen LogP contribution in [-0.2, 0) is 0 Å². The maximum absolute atomic E-state index is 14.2. The number of carbonyl (C=O) groups is 2. The third-order valence-electron chi connectivity index (χ3n) is 7.45. The van der Waals surface area contributed by atoms with Gasteiger partial charge in [-0.15, -0.1) is 0 Å². The molecule has 0 unspecified atom stereocenters. The fraction of sp³-hybridized carbons (Fsp3) is 0.387. The Labute approximate surface area is 234 Å². The van der Waals surface area contributed by atoms with Gasteiger partial charge in [-0.3, -0.25) is 9.59 Å². The molecule has 2 saturated heterocycles. The lowest BCUT2D eigenvalue weighted by Crippen LogP contribution is -2.36. The summed E-state index contributed by atoms with van der Waals surface area (Å²) in [5.41, 5.74) is 3.28. The van der Waals surface area contributed by atoms with E-state index in [1.807, 2.05) is 32.0 Å². The number of benzene rings is 2. The van der Waals surface area contributed by atoms with Crippen molar-refractivity contribution in [2.24, 2.45) is 0 Å². The van der Waals surface area contributed by atoms with Crippen LogP contribution < -0.4 is 20.3 Å². The zero-order valence-corrected chi connectivity index (χ0v) is 23.3. The van der Waals surface area contributed by atoms with E-state index in [-0.39, 0.29) is 17.4 Å². The van der Waals surface area contributed by atoms with Crippen molar-refractivity contribution in [2.75, 3.05) is 48.8 Å². The number of carbonyl (C=O) groups excluding carboxylic acids is 2. The molecule has 2 amide bonds. The molecule has 8 nitrogen and oxygen atoms in total. The second kappa shape index (κ2) is 12.0. The molecule has 210 valence electrons. The Morgan fingerprint density at radius 3 is 2.35 bits per heavy atom.